The first-order valence-electron chi connectivity index (χ1n) is 33.4. The minimum atomic E-state index is -5.17. The third-order valence-electron chi connectivity index (χ3n) is 22.4. The molecular formula is C62H101NaO33S. The molecule has 0 aromatic rings. The summed E-state index contributed by atoms with van der Waals surface area (Å²) in [6.07, 6.45) is -49.5. The Labute approximate surface area is 584 Å². The molecule has 0 spiro atoms. The quantitative estimate of drug-likeness (QED) is 0.0220. The predicted octanol–water partition coefficient (Wildman–Crippen LogP) is -8.19. The summed E-state index contributed by atoms with van der Waals surface area (Å²) in [6, 6.07) is 0. The standard InChI is InChI=1S/C62H102O33S.Na/c1-22(2)15-26(65)18-62(8,79)36-10-9-29-28-17-32(31-16-27(95-96(80,81)82)11-13-60(31,6)30(28)12-14-61(29,36)7)87-57-49(78)51(39(68)25(5)86-57)92-58-52(93-54-45(74)42(71)37(66)23(3)84-54)41(70)35(21-83-58)90-59-53(94-55-46(75)43(72)38(67)24(4)85-55)48(77)50(34(20-64)89-59)91-56-47(76)44(73)40(69)33(19-63)88-56;/h12,22-25,27-29,31-59,63-64,66-79H,9-11,13-21H2,1-8H3,(H,80,81,82);/q;+1/p-1/t23?,24?,25?,27-,28?,29?,31+,32-,33?,34?,35+,36?,37+,38-,39+,40-,41?,42?,43?,44?,45?,46?,47?,48?,49?,50+,51?,52?,53?,54-,55-,56-,57-,58-,59-,60+,61-,62-;/m0./s1. The fourth-order valence-electron chi connectivity index (χ4n) is 17.2. The van der Waals surface area contributed by atoms with Gasteiger partial charge in [0.25, 0.3) is 0 Å². The van der Waals surface area contributed by atoms with Crippen molar-refractivity contribution in [2.24, 2.45) is 40.4 Å². The Morgan fingerprint density at radius 2 is 1.09 bits per heavy atom. The molecule has 554 valence electrons. The number of hydrogen-bond donors (Lipinski definition) is 16. The van der Waals surface area contributed by atoms with Crippen LogP contribution in [-0.4, -0.2) is 316 Å². The van der Waals surface area contributed by atoms with Crippen LogP contribution in [0.2, 0.25) is 0 Å². The largest absolute Gasteiger partial charge is 1.00 e. The van der Waals surface area contributed by atoms with Gasteiger partial charge >= 0.3 is 29.6 Å². The summed E-state index contributed by atoms with van der Waals surface area (Å²) < 4.78 is 115. The number of aliphatic hydroxyl groups is 16. The van der Waals surface area contributed by atoms with Gasteiger partial charge in [-0.05, 0) is 113 Å². The van der Waals surface area contributed by atoms with E-state index in [4.69, 9.17) is 61.0 Å². The van der Waals surface area contributed by atoms with Crippen LogP contribution in [0.4, 0.5) is 0 Å². The van der Waals surface area contributed by atoms with Gasteiger partial charge in [-0.1, -0.05) is 39.3 Å². The van der Waals surface area contributed by atoms with Gasteiger partial charge in [0.2, 0.25) is 10.4 Å². The molecular weight excluding hydrogens is 1330 g/mol. The second-order valence-corrected chi connectivity index (χ2v) is 30.5. The minimum Gasteiger partial charge on any atom is -0.726 e. The number of aliphatic hydroxyl groups excluding tert-OH is 15. The van der Waals surface area contributed by atoms with Crippen molar-refractivity contribution in [3.05, 3.63) is 11.6 Å². The number of fused-ring (bicyclic) bond motifs is 5. The first-order valence-corrected chi connectivity index (χ1v) is 34.7. The first-order chi connectivity index (χ1) is 44.9. The van der Waals surface area contributed by atoms with Crippen molar-refractivity contribution in [1.82, 2.24) is 0 Å². The van der Waals surface area contributed by atoms with Gasteiger partial charge in [0.05, 0.1) is 55.9 Å². The third kappa shape index (κ3) is 16.3. The number of ether oxygens (including phenoxy) is 12. The summed E-state index contributed by atoms with van der Waals surface area (Å²) in [4.78, 5) is 13.3. The zero-order valence-electron chi connectivity index (χ0n) is 55.9. The Hall–Kier alpha value is -0.840. The van der Waals surface area contributed by atoms with Crippen LogP contribution in [0.25, 0.3) is 0 Å². The van der Waals surface area contributed by atoms with E-state index in [0.717, 1.165) is 5.57 Å². The molecule has 9 fully saturated rings. The Balaban J connectivity index is 0.0000110. The zero-order valence-corrected chi connectivity index (χ0v) is 58.7. The van der Waals surface area contributed by atoms with E-state index in [9.17, 15) is 99.5 Å². The maximum Gasteiger partial charge on any atom is 1.00 e. The Kier molecular flexibility index (Phi) is 26.2. The van der Waals surface area contributed by atoms with Crippen LogP contribution in [0.5, 0.6) is 0 Å². The summed E-state index contributed by atoms with van der Waals surface area (Å²) >= 11 is 0. The van der Waals surface area contributed by atoms with E-state index in [1.807, 2.05) is 20.8 Å². The molecule has 6 aliphatic heterocycles. The first kappa shape index (κ1) is 80.3. The third-order valence-corrected chi connectivity index (χ3v) is 22.9. The van der Waals surface area contributed by atoms with E-state index in [2.05, 4.69) is 13.0 Å². The number of ketones is 1. The monoisotopic (exact) mass is 1430 g/mol. The molecule has 38 atom stereocenters. The van der Waals surface area contributed by atoms with E-state index in [-0.39, 0.29) is 84.7 Å². The summed E-state index contributed by atoms with van der Waals surface area (Å²) in [5.41, 5.74) is -1.43. The molecule has 35 heteroatoms. The summed E-state index contributed by atoms with van der Waals surface area (Å²) in [7, 11) is -5.17. The van der Waals surface area contributed by atoms with Crippen molar-refractivity contribution in [2.45, 2.75) is 309 Å². The van der Waals surface area contributed by atoms with Crippen LogP contribution >= 0.6 is 0 Å². The molecule has 0 bridgehead atoms. The number of hydrogen-bond acceptors (Lipinski definition) is 33. The van der Waals surface area contributed by atoms with E-state index in [1.54, 1.807) is 6.92 Å². The van der Waals surface area contributed by atoms with E-state index in [1.165, 1.54) is 20.8 Å². The Bertz CT molecular complexity index is 2760. The van der Waals surface area contributed by atoms with Crippen LogP contribution in [0, 0.1) is 40.4 Å². The number of carbonyl (C=O) groups is 1. The van der Waals surface area contributed by atoms with Crippen molar-refractivity contribution in [3.8, 4) is 0 Å². The molecule has 6 heterocycles. The second-order valence-electron chi connectivity index (χ2n) is 29.5. The molecule has 20 unspecified atom stereocenters. The van der Waals surface area contributed by atoms with Gasteiger partial charge in [0.1, 0.15) is 128 Å². The average molecular weight is 1430 g/mol. The maximum atomic E-state index is 13.3. The topological polar surface area (TPSA) is 518 Å². The Morgan fingerprint density at radius 3 is 1.66 bits per heavy atom. The fourth-order valence-corrected chi connectivity index (χ4v) is 17.8. The van der Waals surface area contributed by atoms with Gasteiger partial charge in [-0.3, -0.25) is 8.98 Å². The molecule has 0 radical (unpaired) electrons. The molecule has 0 amide bonds. The molecule has 33 nitrogen and oxygen atoms in total. The molecule has 10 aliphatic rings. The van der Waals surface area contributed by atoms with E-state index in [0.29, 0.717) is 32.1 Å². The van der Waals surface area contributed by atoms with Gasteiger partial charge in [-0.2, -0.15) is 0 Å². The van der Waals surface area contributed by atoms with Crippen molar-refractivity contribution < 1.29 is 190 Å². The number of carbonyl (C=O) groups excluding carboxylic acids is 1. The molecule has 0 aromatic heterocycles. The van der Waals surface area contributed by atoms with Gasteiger partial charge in [-0.15, -0.1) is 0 Å². The molecule has 4 aliphatic carbocycles. The maximum absolute atomic E-state index is 13.3. The SMILES string of the molecule is CC(C)CC(=O)C[C@](C)(O)C1CCC2C3C[C@H](O[C@@H]4OC(C)[C@@H](O)C(O[C@@H]5OC[C@@H](O[C@@H]6OC(CO)[C@@H](O[C@@H]7OC(CO)[C@H](O)C(O)C7O)C(O)C6O[C@@H]6OC(C)[C@H](O)C(O)C6O)C(O)C5O[C@@H]5OC(C)[C@@H](O)C(O)C5O)C4O)[C@H]4C[C@@H](OS(=O)(=O)[O-])CC[C@]4(C)C3=CC[C@@]21C.[Na+]. The van der Waals surface area contributed by atoms with Gasteiger partial charge in [0, 0.05) is 12.8 Å². The average Bonchev–Trinajstić information content (AvgIpc) is 1.69. The van der Waals surface area contributed by atoms with E-state index < -0.39 is 243 Å². The van der Waals surface area contributed by atoms with Crippen molar-refractivity contribution in [1.29, 1.82) is 0 Å². The molecule has 10 rings (SSSR count). The van der Waals surface area contributed by atoms with Crippen molar-refractivity contribution in [2.75, 3.05) is 19.8 Å². The predicted molar refractivity (Wildman–Crippen MR) is 316 cm³/mol. The van der Waals surface area contributed by atoms with Crippen LogP contribution in [0.1, 0.15) is 113 Å². The molecule has 6 saturated heterocycles. The summed E-state index contributed by atoms with van der Waals surface area (Å²) in [6.45, 7) is 11.2. The summed E-state index contributed by atoms with van der Waals surface area (Å²) in [5.74, 6) is -1.04. The Morgan fingerprint density at radius 1 is 0.588 bits per heavy atom. The van der Waals surface area contributed by atoms with Gasteiger partial charge < -0.3 is 143 Å². The summed E-state index contributed by atoms with van der Waals surface area (Å²) in [5, 5.41) is 179. The zero-order chi connectivity index (χ0) is 70.3. The minimum absolute atomic E-state index is 0. The fraction of sp³-hybridized carbons (Fsp3) is 0.952. The van der Waals surface area contributed by atoms with E-state index >= 15 is 0 Å². The number of allylic oxidation sites excluding steroid dienone is 2. The van der Waals surface area contributed by atoms with Crippen molar-refractivity contribution >= 4 is 16.2 Å². The van der Waals surface area contributed by atoms with Crippen LogP contribution in [0.3, 0.4) is 0 Å². The molecule has 3 saturated carbocycles. The van der Waals surface area contributed by atoms with Crippen molar-refractivity contribution in [3.63, 3.8) is 0 Å². The van der Waals surface area contributed by atoms with Gasteiger partial charge in [-0.25, -0.2) is 8.42 Å². The number of rotatable bonds is 21. The molecule has 97 heavy (non-hydrogen) atoms. The van der Waals surface area contributed by atoms with Crippen LogP contribution in [-0.2, 0) is 76.2 Å². The second kappa shape index (κ2) is 31.7. The normalized spacial score (nSPS) is 51.1. The number of Topliss-reactive ketones (excluding diaryl/α,β-unsaturated/α-hetero) is 1. The smallest absolute Gasteiger partial charge is 0.726 e. The van der Waals surface area contributed by atoms with Crippen LogP contribution in [0.15, 0.2) is 11.6 Å². The molecule has 0 aromatic carbocycles. The van der Waals surface area contributed by atoms with Crippen LogP contribution < -0.4 is 29.6 Å². The van der Waals surface area contributed by atoms with Gasteiger partial charge in [0.15, 0.2) is 37.7 Å². The molecule has 16 N–H and O–H groups in total.